The number of thiophene rings is 1. The Morgan fingerprint density at radius 3 is 2.68 bits per heavy atom. The Hall–Kier alpha value is -1.98. The van der Waals surface area contributed by atoms with E-state index in [2.05, 4.69) is 65.6 Å². The summed E-state index contributed by atoms with van der Waals surface area (Å²) >= 11 is 1.77. The number of aromatic nitrogens is 2. The predicted molar refractivity (Wildman–Crippen MR) is 88.7 cm³/mol. The topological polar surface area (TPSA) is 42.2 Å². The molecule has 0 saturated carbocycles. The summed E-state index contributed by atoms with van der Waals surface area (Å²) in [6, 6.07) is 12.7. The average molecular weight is 313 g/mol. The van der Waals surface area contributed by atoms with Gasteiger partial charge in [-0.1, -0.05) is 41.1 Å². The van der Waals surface area contributed by atoms with Crippen molar-refractivity contribution in [1.29, 1.82) is 0 Å². The van der Waals surface area contributed by atoms with Crippen molar-refractivity contribution in [1.82, 2.24) is 15.0 Å². The molecule has 2 aromatic heterocycles. The second-order valence-corrected chi connectivity index (χ2v) is 6.46. The highest BCUT2D eigenvalue weighted by molar-refractivity contribution is 7.10. The molecule has 22 heavy (non-hydrogen) atoms. The Bertz CT molecular complexity index is 719. The molecule has 0 aliphatic heterocycles. The fourth-order valence-electron chi connectivity index (χ4n) is 2.24. The van der Waals surface area contributed by atoms with E-state index in [0.717, 1.165) is 5.56 Å². The van der Waals surface area contributed by atoms with Crippen LogP contribution in [-0.4, -0.2) is 22.1 Å². The number of nitrogens with zero attached hydrogens (tertiary/aromatic N) is 3. The maximum absolute atomic E-state index is 5.39. The minimum absolute atomic E-state index is 0.328. The van der Waals surface area contributed by atoms with Crippen molar-refractivity contribution in [3.05, 3.63) is 58.1 Å². The molecule has 3 rings (SSSR count). The molecule has 5 heteroatoms. The van der Waals surface area contributed by atoms with Crippen LogP contribution in [0, 0.1) is 6.92 Å². The van der Waals surface area contributed by atoms with E-state index in [1.165, 1.54) is 10.4 Å². The maximum atomic E-state index is 5.39. The van der Waals surface area contributed by atoms with Gasteiger partial charge >= 0.3 is 0 Å². The molecular formula is C17H19N3OS. The van der Waals surface area contributed by atoms with Crippen molar-refractivity contribution in [2.75, 3.05) is 7.05 Å². The third kappa shape index (κ3) is 3.26. The molecule has 0 spiro atoms. The first-order valence-corrected chi connectivity index (χ1v) is 8.14. The molecule has 2 heterocycles. The number of hydrogen-bond acceptors (Lipinski definition) is 5. The largest absolute Gasteiger partial charge is 0.338 e. The molecule has 4 nitrogen and oxygen atoms in total. The number of hydrogen-bond donors (Lipinski definition) is 0. The van der Waals surface area contributed by atoms with Crippen molar-refractivity contribution in [3.63, 3.8) is 0 Å². The van der Waals surface area contributed by atoms with E-state index < -0.39 is 0 Å². The van der Waals surface area contributed by atoms with E-state index in [9.17, 15) is 0 Å². The van der Waals surface area contributed by atoms with Gasteiger partial charge in [-0.05, 0) is 32.3 Å². The van der Waals surface area contributed by atoms with Crippen molar-refractivity contribution in [2.45, 2.75) is 26.4 Å². The van der Waals surface area contributed by atoms with Gasteiger partial charge in [0, 0.05) is 16.5 Å². The highest BCUT2D eigenvalue weighted by Crippen LogP contribution is 2.25. The van der Waals surface area contributed by atoms with Gasteiger partial charge in [0.2, 0.25) is 11.7 Å². The molecule has 0 saturated heterocycles. The number of rotatable bonds is 5. The average Bonchev–Trinajstić information content (AvgIpc) is 3.18. The smallest absolute Gasteiger partial charge is 0.241 e. The second kappa shape index (κ2) is 6.42. The molecule has 0 fully saturated rings. The normalized spacial score (nSPS) is 12.7. The zero-order valence-electron chi connectivity index (χ0n) is 13.0. The molecular weight excluding hydrogens is 294 g/mol. The van der Waals surface area contributed by atoms with Crippen molar-refractivity contribution in [2.24, 2.45) is 0 Å². The fourth-order valence-corrected chi connectivity index (χ4v) is 3.08. The van der Waals surface area contributed by atoms with Crippen molar-refractivity contribution < 1.29 is 4.52 Å². The van der Waals surface area contributed by atoms with Crippen LogP contribution in [0.5, 0.6) is 0 Å². The van der Waals surface area contributed by atoms with Crippen LogP contribution in [0.2, 0.25) is 0 Å². The quantitative estimate of drug-likeness (QED) is 0.704. The van der Waals surface area contributed by atoms with E-state index >= 15 is 0 Å². The van der Waals surface area contributed by atoms with E-state index in [4.69, 9.17) is 4.52 Å². The molecule has 0 aliphatic carbocycles. The van der Waals surface area contributed by atoms with Gasteiger partial charge in [0.05, 0.1) is 6.54 Å². The summed E-state index contributed by atoms with van der Waals surface area (Å²) in [6.45, 7) is 4.88. The number of benzene rings is 1. The van der Waals surface area contributed by atoms with Gasteiger partial charge in [0.1, 0.15) is 0 Å². The molecule has 3 aromatic rings. The summed E-state index contributed by atoms with van der Waals surface area (Å²) in [5.74, 6) is 1.29. The standard InChI is InChI=1S/C17H19N3OS/c1-12-6-8-14(9-7-12)17-18-16(21-19-17)11-20(3)13(2)15-5-4-10-22-15/h4-10,13H,11H2,1-3H3. The van der Waals surface area contributed by atoms with E-state index in [-0.39, 0.29) is 0 Å². The summed E-state index contributed by atoms with van der Waals surface area (Å²) < 4.78 is 5.39. The van der Waals surface area contributed by atoms with Crippen LogP contribution < -0.4 is 0 Å². The molecule has 0 amide bonds. The molecule has 1 aromatic carbocycles. The monoisotopic (exact) mass is 313 g/mol. The molecule has 0 N–H and O–H groups in total. The Kier molecular flexibility index (Phi) is 4.36. The summed E-state index contributed by atoms with van der Waals surface area (Å²) in [5.41, 5.74) is 2.20. The first kappa shape index (κ1) is 14.9. The summed E-state index contributed by atoms with van der Waals surface area (Å²) in [7, 11) is 2.07. The van der Waals surface area contributed by atoms with Crippen LogP contribution in [0.15, 0.2) is 46.3 Å². The van der Waals surface area contributed by atoms with Crippen molar-refractivity contribution >= 4 is 11.3 Å². The van der Waals surface area contributed by atoms with Crippen LogP contribution in [0.4, 0.5) is 0 Å². The minimum Gasteiger partial charge on any atom is -0.338 e. The lowest BCUT2D eigenvalue weighted by Gasteiger charge is -2.21. The third-order valence-corrected chi connectivity index (χ3v) is 4.82. The van der Waals surface area contributed by atoms with Crippen LogP contribution in [-0.2, 0) is 6.54 Å². The van der Waals surface area contributed by atoms with Gasteiger partial charge in [-0.2, -0.15) is 4.98 Å². The van der Waals surface area contributed by atoms with Crippen LogP contribution in [0.3, 0.4) is 0 Å². The van der Waals surface area contributed by atoms with E-state index in [1.54, 1.807) is 11.3 Å². The first-order valence-electron chi connectivity index (χ1n) is 7.27. The Morgan fingerprint density at radius 1 is 1.23 bits per heavy atom. The summed E-state index contributed by atoms with van der Waals surface area (Å²) in [4.78, 5) is 8.04. The van der Waals surface area contributed by atoms with Gasteiger partial charge < -0.3 is 4.52 Å². The highest BCUT2D eigenvalue weighted by atomic mass is 32.1. The first-order chi connectivity index (χ1) is 10.6. The number of aryl methyl sites for hydroxylation is 1. The van der Waals surface area contributed by atoms with Gasteiger partial charge in [0.25, 0.3) is 0 Å². The Morgan fingerprint density at radius 2 is 2.00 bits per heavy atom. The van der Waals surface area contributed by atoms with E-state index in [0.29, 0.717) is 24.3 Å². The zero-order chi connectivity index (χ0) is 15.5. The minimum atomic E-state index is 0.328. The second-order valence-electron chi connectivity index (χ2n) is 5.48. The third-order valence-electron chi connectivity index (χ3n) is 3.78. The van der Waals surface area contributed by atoms with Gasteiger partial charge in [-0.25, -0.2) is 0 Å². The molecule has 114 valence electrons. The van der Waals surface area contributed by atoms with E-state index in [1.807, 2.05) is 12.1 Å². The zero-order valence-corrected chi connectivity index (χ0v) is 13.8. The molecule has 0 bridgehead atoms. The van der Waals surface area contributed by atoms with Gasteiger partial charge in [0.15, 0.2) is 0 Å². The fraction of sp³-hybridized carbons (Fsp3) is 0.294. The molecule has 1 unspecified atom stereocenters. The highest BCUT2D eigenvalue weighted by Gasteiger charge is 2.16. The lowest BCUT2D eigenvalue weighted by atomic mass is 10.1. The van der Waals surface area contributed by atoms with Crippen LogP contribution in [0.1, 0.15) is 29.3 Å². The van der Waals surface area contributed by atoms with Gasteiger partial charge in [-0.3, -0.25) is 4.90 Å². The van der Waals surface area contributed by atoms with Gasteiger partial charge in [-0.15, -0.1) is 11.3 Å². The van der Waals surface area contributed by atoms with Crippen LogP contribution in [0.25, 0.3) is 11.4 Å². The molecule has 0 aliphatic rings. The Labute approximate surface area is 134 Å². The lowest BCUT2D eigenvalue weighted by Crippen LogP contribution is -2.21. The molecule has 1 atom stereocenters. The SMILES string of the molecule is Cc1ccc(-c2noc(CN(C)C(C)c3cccs3)n2)cc1. The lowest BCUT2D eigenvalue weighted by molar-refractivity contribution is 0.219. The summed E-state index contributed by atoms with van der Waals surface area (Å²) in [6.07, 6.45) is 0. The molecule has 0 radical (unpaired) electrons. The maximum Gasteiger partial charge on any atom is 0.241 e. The summed E-state index contributed by atoms with van der Waals surface area (Å²) in [5, 5.41) is 6.18. The predicted octanol–water partition coefficient (Wildman–Crippen LogP) is 4.30. The van der Waals surface area contributed by atoms with Crippen LogP contribution >= 0.6 is 11.3 Å². The Balaban J connectivity index is 1.70. The van der Waals surface area contributed by atoms with Crippen molar-refractivity contribution in [3.8, 4) is 11.4 Å².